The molecular weight excluding hydrogens is 279 g/mol. The molecule has 0 atom stereocenters. The Labute approximate surface area is 121 Å². The minimum absolute atomic E-state index is 0.173. The number of aryl methyl sites for hydroxylation is 1. The molecule has 0 unspecified atom stereocenters. The van der Waals surface area contributed by atoms with Crippen LogP contribution in [0.15, 0.2) is 36.4 Å². The van der Waals surface area contributed by atoms with Gasteiger partial charge in [0.25, 0.3) is 0 Å². The Morgan fingerprint density at radius 1 is 1.30 bits per heavy atom. The van der Waals surface area contributed by atoms with Crippen LogP contribution in [-0.4, -0.2) is 5.84 Å². The Balaban J connectivity index is 2.16. The molecule has 0 aliphatic carbocycles. The van der Waals surface area contributed by atoms with E-state index in [0.717, 1.165) is 5.56 Å². The van der Waals surface area contributed by atoms with E-state index in [0.29, 0.717) is 21.9 Å². The lowest BCUT2D eigenvalue weighted by atomic mass is 10.1. The number of nitrogens with one attached hydrogen (secondary N) is 1. The highest BCUT2D eigenvalue weighted by Gasteiger charge is 2.05. The Hall–Kier alpha value is -2.07. The van der Waals surface area contributed by atoms with Crippen LogP contribution in [0.5, 0.6) is 5.75 Å². The molecule has 0 aliphatic rings. The Bertz CT molecular complexity index is 658. The summed E-state index contributed by atoms with van der Waals surface area (Å²) in [5.41, 5.74) is 7.22. The van der Waals surface area contributed by atoms with E-state index in [4.69, 9.17) is 27.5 Å². The predicted octanol–water partition coefficient (Wildman–Crippen LogP) is 3.65. The van der Waals surface area contributed by atoms with E-state index in [1.165, 1.54) is 12.1 Å². The van der Waals surface area contributed by atoms with Crippen LogP contribution >= 0.6 is 11.6 Å². The zero-order chi connectivity index (χ0) is 14.7. The topological polar surface area (TPSA) is 59.1 Å². The molecule has 0 heterocycles. The van der Waals surface area contributed by atoms with E-state index in [9.17, 15) is 4.39 Å². The van der Waals surface area contributed by atoms with Gasteiger partial charge in [0.15, 0.2) is 0 Å². The molecule has 2 aromatic rings. The van der Waals surface area contributed by atoms with Crippen molar-refractivity contribution in [1.82, 2.24) is 0 Å². The van der Waals surface area contributed by atoms with Crippen LogP contribution in [0.3, 0.4) is 0 Å². The van der Waals surface area contributed by atoms with Crippen molar-refractivity contribution in [3.05, 3.63) is 63.9 Å². The van der Waals surface area contributed by atoms with Gasteiger partial charge in [0.1, 0.15) is 24.0 Å². The van der Waals surface area contributed by atoms with Crippen molar-refractivity contribution in [1.29, 1.82) is 5.41 Å². The second kappa shape index (κ2) is 5.92. The predicted molar refractivity (Wildman–Crippen MR) is 77.9 cm³/mol. The van der Waals surface area contributed by atoms with Gasteiger partial charge >= 0.3 is 0 Å². The van der Waals surface area contributed by atoms with Gasteiger partial charge in [-0.2, -0.15) is 0 Å². The number of benzene rings is 2. The number of halogens is 2. The first kappa shape index (κ1) is 14.3. The summed E-state index contributed by atoms with van der Waals surface area (Å²) >= 11 is 5.87. The molecule has 0 radical (unpaired) electrons. The maximum atomic E-state index is 13.4. The van der Waals surface area contributed by atoms with E-state index in [1.54, 1.807) is 24.3 Å². The van der Waals surface area contributed by atoms with E-state index in [-0.39, 0.29) is 12.4 Å². The van der Waals surface area contributed by atoms with Crippen molar-refractivity contribution >= 4 is 17.4 Å². The highest BCUT2D eigenvalue weighted by Crippen LogP contribution is 2.23. The average molecular weight is 293 g/mol. The number of nitrogen functional groups attached to an aromatic ring is 1. The summed E-state index contributed by atoms with van der Waals surface area (Å²) in [5, 5.41) is 7.98. The van der Waals surface area contributed by atoms with Crippen LogP contribution in [0.2, 0.25) is 5.02 Å². The highest BCUT2D eigenvalue weighted by atomic mass is 35.5. The summed E-state index contributed by atoms with van der Waals surface area (Å²) in [6.45, 7) is 2.08. The molecule has 5 heteroatoms. The lowest BCUT2D eigenvalue weighted by Crippen LogP contribution is -2.12. The van der Waals surface area contributed by atoms with Crippen LogP contribution in [0.1, 0.15) is 16.7 Å². The van der Waals surface area contributed by atoms with Gasteiger partial charge in [-0.25, -0.2) is 4.39 Å². The van der Waals surface area contributed by atoms with Crippen molar-refractivity contribution in [3.8, 4) is 5.75 Å². The fraction of sp³-hybridized carbons (Fsp3) is 0.133. The second-order valence-corrected chi connectivity index (χ2v) is 4.90. The van der Waals surface area contributed by atoms with Crippen molar-refractivity contribution in [2.45, 2.75) is 13.5 Å². The van der Waals surface area contributed by atoms with Gasteiger partial charge in [-0.1, -0.05) is 11.6 Å². The average Bonchev–Trinajstić information content (AvgIpc) is 2.37. The number of hydrogen-bond donors (Lipinski definition) is 2. The van der Waals surface area contributed by atoms with Crippen molar-refractivity contribution in [2.75, 3.05) is 0 Å². The molecular formula is C15H14ClFN2O. The zero-order valence-corrected chi connectivity index (χ0v) is 11.7. The smallest absolute Gasteiger partial charge is 0.124 e. The van der Waals surface area contributed by atoms with Gasteiger partial charge in [0, 0.05) is 10.6 Å². The first-order chi connectivity index (χ1) is 9.45. The molecule has 0 aromatic heterocycles. The van der Waals surface area contributed by atoms with E-state index in [2.05, 4.69) is 0 Å². The minimum Gasteiger partial charge on any atom is -0.489 e. The lowest BCUT2D eigenvalue weighted by molar-refractivity contribution is 0.303. The third-order valence-corrected chi connectivity index (χ3v) is 3.03. The van der Waals surface area contributed by atoms with Gasteiger partial charge in [-0.05, 0) is 54.4 Å². The lowest BCUT2D eigenvalue weighted by Gasteiger charge is -2.10. The zero-order valence-electron chi connectivity index (χ0n) is 10.9. The maximum Gasteiger partial charge on any atom is 0.124 e. The number of amidine groups is 1. The van der Waals surface area contributed by atoms with Crippen LogP contribution in [0.25, 0.3) is 0 Å². The molecule has 0 aliphatic heterocycles. The monoisotopic (exact) mass is 292 g/mol. The summed E-state index contributed by atoms with van der Waals surface area (Å²) in [5.74, 6) is 0.0700. The second-order valence-electron chi connectivity index (χ2n) is 4.46. The Morgan fingerprint density at radius 2 is 2.05 bits per heavy atom. The van der Waals surface area contributed by atoms with Crippen LogP contribution in [0, 0.1) is 18.2 Å². The van der Waals surface area contributed by atoms with Gasteiger partial charge in [-0.15, -0.1) is 0 Å². The number of nitrogens with two attached hydrogens (primary N) is 1. The fourth-order valence-corrected chi connectivity index (χ4v) is 2.05. The quantitative estimate of drug-likeness (QED) is 0.667. The maximum absolute atomic E-state index is 13.4. The molecule has 20 heavy (non-hydrogen) atoms. The molecule has 0 saturated carbocycles. The summed E-state index contributed by atoms with van der Waals surface area (Å²) in [4.78, 5) is 0. The molecule has 2 rings (SSSR count). The Kier molecular flexibility index (Phi) is 4.25. The molecule has 0 spiro atoms. The standard InChI is InChI=1S/C15H14ClFN2O/c1-9-4-12(16)2-3-14(9)20-8-10-5-11(15(18)19)7-13(17)6-10/h2-7H,8H2,1H3,(H3,18,19). The van der Waals surface area contributed by atoms with Gasteiger partial charge < -0.3 is 10.5 Å². The largest absolute Gasteiger partial charge is 0.489 e. The van der Waals surface area contributed by atoms with Crippen LogP contribution in [-0.2, 0) is 6.61 Å². The van der Waals surface area contributed by atoms with E-state index < -0.39 is 5.82 Å². The normalized spacial score (nSPS) is 10.3. The van der Waals surface area contributed by atoms with Gasteiger partial charge in [-0.3, -0.25) is 5.41 Å². The summed E-state index contributed by atoms with van der Waals surface area (Å²) in [6, 6.07) is 9.51. The molecule has 104 valence electrons. The van der Waals surface area contributed by atoms with Crippen LogP contribution in [0.4, 0.5) is 4.39 Å². The minimum atomic E-state index is -0.441. The summed E-state index contributed by atoms with van der Waals surface area (Å²) in [6.07, 6.45) is 0. The van der Waals surface area contributed by atoms with E-state index in [1.807, 2.05) is 6.92 Å². The first-order valence-corrected chi connectivity index (χ1v) is 6.36. The SMILES string of the molecule is Cc1cc(Cl)ccc1OCc1cc(F)cc(C(=N)N)c1. The summed E-state index contributed by atoms with van der Waals surface area (Å²) < 4.78 is 19.1. The summed E-state index contributed by atoms with van der Waals surface area (Å²) in [7, 11) is 0. The molecule has 0 bridgehead atoms. The van der Waals surface area contributed by atoms with Crippen LogP contribution < -0.4 is 10.5 Å². The third kappa shape index (κ3) is 3.48. The highest BCUT2D eigenvalue weighted by molar-refractivity contribution is 6.30. The first-order valence-electron chi connectivity index (χ1n) is 5.98. The number of rotatable bonds is 4. The van der Waals surface area contributed by atoms with Crippen molar-refractivity contribution in [3.63, 3.8) is 0 Å². The third-order valence-electron chi connectivity index (χ3n) is 2.80. The van der Waals surface area contributed by atoms with Gasteiger partial charge in [0.05, 0.1) is 0 Å². The Morgan fingerprint density at radius 3 is 2.70 bits per heavy atom. The molecule has 0 amide bonds. The molecule has 0 saturated heterocycles. The molecule has 3 N–H and O–H groups in total. The van der Waals surface area contributed by atoms with Crippen molar-refractivity contribution < 1.29 is 9.13 Å². The molecule has 0 fully saturated rings. The fourth-order valence-electron chi connectivity index (χ4n) is 1.83. The number of ether oxygens (including phenoxy) is 1. The van der Waals surface area contributed by atoms with Gasteiger partial charge in [0.2, 0.25) is 0 Å². The molecule has 2 aromatic carbocycles. The molecule has 3 nitrogen and oxygen atoms in total. The number of hydrogen-bond acceptors (Lipinski definition) is 2. The van der Waals surface area contributed by atoms with Crippen molar-refractivity contribution in [2.24, 2.45) is 5.73 Å². The van der Waals surface area contributed by atoms with E-state index >= 15 is 0 Å².